The molecule has 1 saturated heterocycles. The number of likely N-dealkylation sites (tertiary alicyclic amines) is 1. The second-order valence-corrected chi connectivity index (χ2v) is 12.0. The minimum Gasteiger partial charge on any atom is -0.461 e. The van der Waals surface area contributed by atoms with Crippen LogP contribution < -0.4 is 10.6 Å². The van der Waals surface area contributed by atoms with E-state index in [0.29, 0.717) is 51.2 Å². The lowest BCUT2D eigenvalue weighted by atomic mass is 9.93. The van der Waals surface area contributed by atoms with Gasteiger partial charge in [-0.05, 0) is 119 Å². The van der Waals surface area contributed by atoms with E-state index >= 15 is 0 Å². The smallest absolute Gasteiger partial charge is 0.254 e. The second-order valence-electron chi connectivity index (χ2n) is 10.8. The summed E-state index contributed by atoms with van der Waals surface area (Å²) in [6.07, 6.45) is 9.71. The molecule has 0 radical (unpaired) electrons. The molecule has 0 saturated carbocycles. The van der Waals surface area contributed by atoms with Crippen molar-refractivity contribution in [3.05, 3.63) is 86.6 Å². The van der Waals surface area contributed by atoms with Gasteiger partial charge in [-0.3, -0.25) is 9.59 Å². The monoisotopic (exact) mass is 629 g/mol. The number of nitrogens with zero attached hydrogens (tertiary/aromatic N) is 1. The van der Waals surface area contributed by atoms with Gasteiger partial charge in [-0.25, -0.2) is 0 Å². The van der Waals surface area contributed by atoms with Gasteiger partial charge in [-0.2, -0.15) is 0 Å². The summed E-state index contributed by atoms with van der Waals surface area (Å²) in [5, 5.41) is 7.64. The number of furan rings is 1. The third-order valence-electron chi connectivity index (χ3n) is 7.66. The van der Waals surface area contributed by atoms with Crippen LogP contribution in [-0.2, 0) is 4.79 Å². The zero-order valence-corrected chi connectivity index (χ0v) is 26.2. The van der Waals surface area contributed by atoms with Gasteiger partial charge in [-0.1, -0.05) is 47.3 Å². The van der Waals surface area contributed by atoms with Crippen molar-refractivity contribution >= 4 is 52.7 Å². The summed E-state index contributed by atoms with van der Waals surface area (Å²) in [7, 11) is 0. The molecule has 1 fully saturated rings. The Kier molecular flexibility index (Phi) is 12.4. The van der Waals surface area contributed by atoms with E-state index in [9.17, 15) is 9.59 Å². The number of hydrogen-bond acceptors (Lipinski definition) is 4. The van der Waals surface area contributed by atoms with Gasteiger partial charge in [0.2, 0.25) is 5.91 Å². The third-order valence-corrected chi connectivity index (χ3v) is 8.65. The first-order valence-corrected chi connectivity index (χ1v) is 15.7. The summed E-state index contributed by atoms with van der Waals surface area (Å²) in [6.45, 7) is 6.43. The molecule has 1 aromatic heterocycles. The van der Waals surface area contributed by atoms with Crippen molar-refractivity contribution in [3.8, 4) is 11.3 Å². The van der Waals surface area contributed by atoms with Crippen LogP contribution in [0.25, 0.3) is 17.4 Å². The molecule has 6 nitrogen and oxygen atoms in total. The molecule has 2 amide bonds. The Morgan fingerprint density at radius 3 is 2.43 bits per heavy atom. The SMILES string of the molecule is Cc1oc(-c2ccc(Cl)cc2)cc1C(=O)NCCC1CCN(CCCCCNC(=O)/C=C/c2ccc(Cl)c(Cl)c2)CC1. The quantitative estimate of drug-likeness (QED) is 0.148. The second kappa shape index (κ2) is 16.2. The summed E-state index contributed by atoms with van der Waals surface area (Å²) in [6, 6.07) is 14.5. The highest BCUT2D eigenvalue weighted by Gasteiger charge is 2.20. The lowest BCUT2D eigenvalue weighted by Gasteiger charge is -2.32. The van der Waals surface area contributed by atoms with Crippen molar-refractivity contribution in [2.24, 2.45) is 5.92 Å². The Labute approximate surface area is 263 Å². The summed E-state index contributed by atoms with van der Waals surface area (Å²) >= 11 is 17.9. The fourth-order valence-electron chi connectivity index (χ4n) is 5.14. The Balaban J connectivity index is 1.04. The number of nitrogens with one attached hydrogen (secondary N) is 2. The first kappa shape index (κ1) is 32.2. The van der Waals surface area contributed by atoms with E-state index in [2.05, 4.69) is 15.5 Å². The van der Waals surface area contributed by atoms with Crippen molar-refractivity contribution < 1.29 is 14.0 Å². The number of benzene rings is 2. The molecular weight excluding hydrogens is 593 g/mol. The normalized spacial score (nSPS) is 14.4. The largest absolute Gasteiger partial charge is 0.461 e. The number of unbranched alkanes of at least 4 members (excludes halogenated alkanes) is 2. The molecule has 1 aliphatic rings. The van der Waals surface area contributed by atoms with Crippen LogP contribution in [0.4, 0.5) is 0 Å². The highest BCUT2D eigenvalue weighted by molar-refractivity contribution is 6.42. The number of carbonyl (C=O) groups is 2. The molecule has 3 aromatic rings. The molecule has 0 unspecified atom stereocenters. The van der Waals surface area contributed by atoms with Gasteiger partial charge in [0.25, 0.3) is 5.91 Å². The van der Waals surface area contributed by atoms with Gasteiger partial charge in [0.15, 0.2) is 0 Å². The highest BCUT2D eigenvalue weighted by Crippen LogP contribution is 2.27. The Bertz CT molecular complexity index is 1360. The summed E-state index contributed by atoms with van der Waals surface area (Å²) < 4.78 is 5.83. The predicted molar refractivity (Wildman–Crippen MR) is 172 cm³/mol. The molecule has 1 aliphatic heterocycles. The molecule has 0 spiro atoms. The van der Waals surface area contributed by atoms with Crippen LogP contribution in [0.5, 0.6) is 0 Å². The molecule has 2 N–H and O–H groups in total. The van der Waals surface area contributed by atoms with E-state index in [1.165, 1.54) is 6.08 Å². The van der Waals surface area contributed by atoms with Gasteiger partial charge >= 0.3 is 0 Å². The lowest BCUT2D eigenvalue weighted by molar-refractivity contribution is -0.116. The molecule has 2 aromatic carbocycles. The van der Waals surface area contributed by atoms with Crippen LogP contribution in [0, 0.1) is 12.8 Å². The van der Waals surface area contributed by atoms with Crippen LogP contribution in [0.2, 0.25) is 15.1 Å². The number of amides is 2. The lowest BCUT2D eigenvalue weighted by Crippen LogP contribution is -2.35. The van der Waals surface area contributed by atoms with E-state index in [1.807, 2.05) is 37.3 Å². The van der Waals surface area contributed by atoms with Crippen LogP contribution in [-0.4, -0.2) is 49.4 Å². The minimum absolute atomic E-state index is 0.0902. The van der Waals surface area contributed by atoms with E-state index in [-0.39, 0.29) is 11.8 Å². The van der Waals surface area contributed by atoms with Crippen molar-refractivity contribution in [2.75, 3.05) is 32.7 Å². The molecular formula is C33H38Cl3N3O3. The van der Waals surface area contributed by atoms with E-state index < -0.39 is 0 Å². The van der Waals surface area contributed by atoms with E-state index in [4.69, 9.17) is 39.2 Å². The number of piperidine rings is 1. The molecule has 9 heteroatoms. The predicted octanol–water partition coefficient (Wildman–Crippen LogP) is 8.05. The number of rotatable bonds is 13. The Hall–Kier alpha value is -2.77. The first-order chi connectivity index (χ1) is 20.3. The van der Waals surface area contributed by atoms with Crippen LogP contribution in [0.15, 0.2) is 59.0 Å². The summed E-state index contributed by atoms with van der Waals surface area (Å²) in [4.78, 5) is 27.3. The van der Waals surface area contributed by atoms with Gasteiger partial charge in [0, 0.05) is 29.8 Å². The summed E-state index contributed by atoms with van der Waals surface area (Å²) in [5.41, 5.74) is 2.31. The van der Waals surface area contributed by atoms with Gasteiger partial charge in [-0.15, -0.1) is 0 Å². The van der Waals surface area contributed by atoms with Crippen molar-refractivity contribution in [2.45, 2.75) is 45.4 Å². The zero-order valence-electron chi connectivity index (χ0n) is 23.9. The van der Waals surface area contributed by atoms with E-state index in [1.54, 1.807) is 24.3 Å². The zero-order chi connectivity index (χ0) is 29.9. The van der Waals surface area contributed by atoms with Crippen LogP contribution in [0.3, 0.4) is 0 Å². The van der Waals surface area contributed by atoms with Crippen molar-refractivity contribution in [1.29, 1.82) is 0 Å². The number of carbonyl (C=O) groups excluding carboxylic acids is 2. The maximum absolute atomic E-state index is 12.8. The fourth-order valence-corrected chi connectivity index (χ4v) is 5.58. The van der Waals surface area contributed by atoms with Crippen molar-refractivity contribution in [3.63, 3.8) is 0 Å². The minimum atomic E-state index is -0.109. The molecule has 42 heavy (non-hydrogen) atoms. The van der Waals surface area contributed by atoms with Gasteiger partial charge in [0.1, 0.15) is 11.5 Å². The molecule has 4 rings (SSSR count). The maximum atomic E-state index is 12.8. The summed E-state index contributed by atoms with van der Waals surface area (Å²) in [5.74, 6) is 1.71. The number of halogens is 3. The molecule has 224 valence electrons. The molecule has 0 atom stereocenters. The standard InChI is InChI=1S/C33H38Cl3N3O3/c1-23-28(22-31(42-23)26-7-9-27(34)10-8-26)33(41)38-17-13-24-14-19-39(20-15-24)18-4-2-3-16-37-32(40)12-6-25-5-11-29(35)30(36)21-25/h5-12,21-22,24H,2-4,13-20H2,1H3,(H,37,40)(H,38,41)/b12-6+. The van der Waals surface area contributed by atoms with Gasteiger partial charge < -0.3 is 20.0 Å². The third kappa shape index (κ3) is 9.91. The topological polar surface area (TPSA) is 74.6 Å². The number of aryl methyl sites for hydroxylation is 1. The number of hydrogen-bond donors (Lipinski definition) is 2. The molecule has 0 bridgehead atoms. The molecule has 0 aliphatic carbocycles. The maximum Gasteiger partial charge on any atom is 0.254 e. The average Bonchev–Trinajstić information content (AvgIpc) is 3.38. The van der Waals surface area contributed by atoms with Crippen LogP contribution >= 0.6 is 34.8 Å². The fraction of sp³-hybridized carbons (Fsp3) is 0.394. The van der Waals surface area contributed by atoms with Crippen LogP contribution in [0.1, 0.15) is 60.2 Å². The Morgan fingerprint density at radius 1 is 0.929 bits per heavy atom. The Morgan fingerprint density at radius 2 is 1.69 bits per heavy atom. The average molecular weight is 631 g/mol. The first-order valence-electron chi connectivity index (χ1n) is 14.6. The highest BCUT2D eigenvalue weighted by atomic mass is 35.5. The van der Waals surface area contributed by atoms with Crippen molar-refractivity contribution in [1.82, 2.24) is 15.5 Å². The van der Waals surface area contributed by atoms with Gasteiger partial charge in [0.05, 0.1) is 15.6 Å². The van der Waals surface area contributed by atoms with E-state index in [0.717, 1.165) is 69.3 Å². The molecule has 2 heterocycles.